The number of carbonyl (C=O) groups excluding carboxylic acids is 1. The van der Waals surface area contributed by atoms with Crippen molar-refractivity contribution >= 4 is 11.7 Å². The van der Waals surface area contributed by atoms with Crippen LogP contribution < -0.4 is 11.1 Å². The van der Waals surface area contributed by atoms with Crippen molar-refractivity contribution < 1.29 is 4.79 Å². The summed E-state index contributed by atoms with van der Waals surface area (Å²) in [7, 11) is 1.70. The number of aryl methyl sites for hydroxylation is 1. The van der Waals surface area contributed by atoms with Gasteiger partial charge in [-0.2, -0.15) is 5.10 Å². The first-order valence-corrected chi connectivity index (χ1v) is 4.87. The fourth-order valence-corrected chi connectivity index (χ4v) is 1.06. The number of rotatable bonds is 2. The Kier molecular flexibility index (Phi) is 3.02. The van der Waals surface area contributed by atoms with E-state index in [9.17, 15) is 4.79 Å². The van der Waals surface area contributed by atoms with Crippen LogP contribution in [0.3, 0.4) is 0 Å². The van der Waals surface area contributed by atoms with Gasteiger partial charge in [-0.1, -0.05) is 20.8 Å². The molecular formula is C10H18N4O. The third kappa shape index (κ3) is 2.97. The molecular weight excluding hydrogens is 192 g/mol. The highest BCUT2D eigenvalue weighted by atomic mass is 16.1. The van der Waals surface area contributed by atoms with Crippen molar-refractivity contribution in [2.75, 3.05) is 12.3 Å². The summed E-state index contributed by atoms with van der Waals surface area (Å²) < 4.78 is 1.48. The average molecular weight is 210 g/mol. The maximum Gasteiger partial charge on any atom is 0.256 e. The van der Waals surface area contributed by atoms with Crippen molar-refractivity contribution in [3.8, 4) is 0 Å². The molecule has 1 aromatic rings. The molecule has 0 bridgehead atoms. The van der Waals surface area contributed by atoms with Gasteiger partial charge in [-0.25, -0.2) is 0 Å². The van der Waals surface area contributed by atoms with Crippen LogP contribution in [0.5, 0.6) is 0 Å². The summed E-state index contributed by atoms with van der Waals surface area (Å²) in [5.74, 6) is 0.219. The molecule has 0 aliphatic heterocycles. The Morgan fingerprint density at radius 3 is 2.60 bits per heavy atom. The monoisotopic (exact) mass is 210 g/mol. The molecule has 0 atom stereocenters. The number of carbonyl (C=O) groups is 1. The smallest absolute Gasteiger partial charge is 0.256 e. The van der Waals surface area contributed by atoms with Gasteiger partial charge in [-0.15, -0.1) is 0 Å². The SMILES string of the molecule is Cn1ncc(C(=O)NCC(C)(C)C)c1N. The first-order valence-electron chi connectivity index (χ1n) is 4.87. The molecule has 1 rings (SSSR count). The number of nitrogens with two attached hydrogens (primary N) is 1. The van der Waals surface area contributed by atoms with Crippen molar-refractivity contribution in [3.63, 3.8) is 0 Å². The molecule has 5 heteroatoms. The van der Waals surface area contributed by atoms with E-state index in [1.165, 1.54) is 10.9 Å². The number of hydrogen-bond donors (Lipinski definition) is 2. The predicted octanol–water partition coefficient (Wildman–Crippen LogP) is 0.778. The summed E-state index contributed by atoms with van der Waals surface area (Å²) >= 11 is 0. The molecule has 0 unspecified atom stereocenters. The maximum atomic E-state index is 11.7. The van der Waals surface area contributed by atoms with Crippen LogP contribution in [0, 0.1) is 5.41 Å². The Morgan fingerprint density at radius 2 is 2.20 bits per heavy atom. The van der Waals surface area contributed by atoms with Crippen LogP contribution in [-0.4, -0.2) is 22.2 Å². The van der Waals surface area contributed by atoms with Gasteiger partial charge in [0.2, 0.25) is 0 Å². The minimum Gasteiger partial charge on any atom is -0.383 e. The lowest BCUT2D eigenvalue weighted by Crippen LogP contribution is -2.32. The molecule has 1 amide bonds. The number of hydrogen-bond acceptors (Lipinski definition) is 3. The van der Waals surface area contributed by atoms with Crippen molar-refractivity contribution in [1.29, 1.82) is 0 Å². The molecule has 5 nitrogen and oxygen atoms in total. The lowest BCUT2D eigenvalue weighted by molar-refractivity contribution is 0.0940. The fourth-order valence-electron chi connectivity index (χ4n) is 1.06. The Hall–Kier alpha value is -1.52. The molecule has 0 fully saturated rings. The third-order valence-electron chi connectivity index (χ3n) is 2.01. The zero-order valence-corrected chi connectivity index (χ0v) is 9.66. The second-order valence-electron chi connectivity index (χ2n) is 4.81. The van der Waals surface area contributed by atoms with Crippen LogP contribution in [0.1, 0.15) is 31.1 Å². The van der Waals surface area contributed by atoms with Crippen LogP contribution in [0.4, 0.5) is 5.82 Å². The summed E-state index contributed by atoms with van der Waals surface area (Å²) in [6.07, 6.45) is 1.48. The van der Waals surface area contributed by atoms with Gasteiger partial charge in [0.15, 0.2) is 0 Å². The van der Waals surface area contributed by atoms with Crippen LogP contribution in [0.25, 0.3) is 0 Å². The van der Waals surface area contributed by atoms with E-state index in [1.807, 2.05) is 0 Å². The number of nitrogen functional groups attached to an aromatic ring is 1. The third-order valence-corrected chi connectivity index (χ3v) is 2.01. The number of aromatic nitrogens is 2. The molecule has 0 aromatic carbocycles. The highest BCUT2D eigenvalue weighted by Gasteiger charge is 2.16. The highest BCUT2D eigenvalue weighted by molar-refractivity contribution is 5.98. The molecule has 0 saturated heterocycles. The van der Waals surface area contributed by atoms with E-state index in [0.29, 0.717) is 17.9 Å². The lowest BCUT2D eigenvalue weighted by atomic mass is 9.97. The number of nitrogens with one attached hydrogen (secondary N) is 1. The van der Waals surface area contributed by atoms with Gasteiger partial charge in [0, 0.05) is 13.6 Å². The average Bonchev–Trinajstić information content (AvgIpc) is 2.43. The second kappa shape index (κ2) is 3.92. The normalized spacial score (nSPS) is 11.5. The highest BCUT2D eigenvalue weighted by Crippen LogP contribution is 2.12. The quantitative estimate of drug-likeness (QED) is 0.757. The molecule has 0 aliphatic rings. The largest absolute Gasteiger partial charge is 0.383 e. The van der Waals surface area contributed by atoms with Crippen molar-refractivity contribution in [1.82, 2.24) is 15.1 Å². The Balaban J connectivity index is 2.66. The summed E-state index contributed by atoms with van der Waals surface area (Å²) in [6, 6.07) is 0. The first-order chi connectivity index (χ1) is 6.81. The molecule has 0 aliphatic carbocycles. The number of anilines is 1. The zero-order chi connectivity index (χ0) is 11.6. The van der Waals surface area contributed by atoms with E-state index in [4.69, 9.17) is 5.73 Å². The van der Waals surface area contributed by atoms with E-state index in [0.717, 1.165) is 0 Å². The summed E-state index contributed by atoms with van der Waals surface area (Å²) in [5, 5.41) is 6.73. The van der Waals surface area contributed by atoms with E-state index < -0.39 is 0 Å². The van der Waals surface area contributed by atoms with Crippen molar-refractivity contribution in [3.05, 3.63) is 11.8 Å². The summed E-state index contributed by atoms with van der Waals surface area (Å²) in [6.45, 7) is 6.78. The zero-order valence-electron chi connectivity index (χ0n) is 9.66. The van der Waals surface area contributed by atoms with Crippen molar-refractivity contribution in [2.45, 2.75) is 20.8 Å². The Labute approximate surface area is 89.6 Å². The Morgan fingerprint density at radius 1 is 1.60 bits per heavy atom. The topological polar surface area (TPSA) is 72.9 Å². The first kappa shape index (κ1) is 11.6. The van der Waals surface area contributed by atoms with E-state index in [1.54, 1.807) is 7.05 Å². The van der Waals surface area contributed by atoms with Crippen LogP contribution in [0.2, 0.25) is 0 Å². The molecule has 0 spiro atoms. The second-order valence-corrected chi connectivity index (χ2v) is 4.81. The van der Waals surface area contributed by atoms with Gasteiger partial charge < -0.3 is 11.1 Å². The molecule has 0 saturated carbocycles. The van der Waals surface area contributed by atoms with Gasteiger partial charge in [0.25, 0.3) is 5.91 Å². The minimum atomic E-state index is -0.171. The fraction of sp³-hybridized carbons (Fsp3) is 0.600. The minimum absolute atomic E-state index is 0.0621. The van der Waals surface area contributed by atoms with E-state index >= 15 is 0 Å². The number of amides is 1. The summed E-state index contributed by atoms with van der Waals surface area (Å²) in [5.41, 5.74) is 6.18. The van der Waals surface area contributed by atoms with Crippen molar-refractivity contribution in [2.24, 2.45) is 12.5 Å². The lowest BCUT2D eigenvalue weighted by Gasteiger charge is -2.18. The van der Waals surface area contributed by atoms with E-state index in [2.05, 4.69) is 31.2 Å². The molecule has 15 heavy (non-hydrogen) atoms. The maximum absolute atomic E-state index is 11.7. The van der Waals surface area contributed by atoms with Gasteiger partial charge in [0.05, 0.1) is 6.20 Å². The standard InChI is InChI=1S/C10H18N4O/c1-10(2,3)6-12-9(15)7-5-13-14(4)8(7)11/h5H,6,11H2,1-4H3,(H,12,15). The van der Waals surface area contributed by atoms with Gasteiger partial charge in [-0.05, 0) is 5.41 Å². The van der Waals surface area contributed by atoms with E-state index in [-0.39, 0.29) is 11.3 Å². The molecule has 1 aromatic heterocycles. The van der Waals surface area contributed by atoms with Crippen LogP contribution in [-0.2, 0) is 7.05 Å². The molecule has 3 N–H and O–H groups in total. The summed E-state index contributed by atoms with van der Waals surface area (Å²) in [4.78, 5) is 11.7. The van der Waals surface area contributed by atoms with Crippen LogP contribution in [0.15, 0.2) is 6.20 Å². The van der Waals surface area contributed by atoms with Gasteiger partial charge >= 0.3 is 0 Å². The van der Waals surface area contributed by atoms with Gasteiger partial charge in [-0.3, -0.25) is 9.48 Å². The molecule has 84 valence electrons. The van der Waals surface area contributed by atoms with Crippen LogP contribution >= 0.6 is 0 Å². The Bertz CT molecular complexity index is 362. The predicted molar refractivity (Wildman–Crippen MR) is 59.4 cm³/mol. The molecule has 0 radical (unpaired) electrons. The molecule has 1 heterocycles. The number of nitrogens with zero attached hydrogens (tertiary/aromatic N) is 2. The van der Waals surface area contributed by atoms with Gasteiger partial charge in [0.1, 0.15) is 11.4 Å².